The van der Waals surface area contributed by atoms with Crippen LogP contribution in [0, 0.1) is 20.8 Å². The predicted molar refractivity (Wildman–Crippen MR) is 86.8 cm³/mol. The molecule has 1 atom stereocenters. The van der Waals surface area contributed by atoms with Gasteiger partial charge in [-0.15, -0.1) is 0 Å². The lowest BCUT2D eigenvalue weighted by atomic mass is 10.00. The molecule has 1 N–H and O–H groups in total. The van der Waals surface area contributed by atoms with E-state index in [-0.39, 0.29) is 0 Å². The van der Waals surface area contributed by atoms with Crippen LogP contribution in [0.4, 0.5) is 5.69 Å². The largest absolute Gasteiger partial charge is 0.378 e. The number of nitrogens with one attached hydrogen (secondary N) is 1. The SMILES string of the molecule is Cc1ccc(C(C)Nc2cccc(C)c2Br)c(C)c1. The Balaban J connectivity index is 2.25. The van der Waals surface area contributed by atoms with Crippen molar-refractivity contribution < 1.29 is 0 Å². The topological polar surface area (TPSA) is 12.0 Å². The second-order valence-electron chi connectivity index (χ2n) is 5.16. The van der Waals surface area contributed by atoms with Crippen LogP contribution in [0.15, 0.2) is 40.9 Å². The van der Waals surface area contributed by atoms with E-state index in [0.29, 0.717) is 6.04 Å². The zero-order chi connectivity index (χ0) is 14.0. The van der Waals surface area contributed by atoms with E-state index in [0.717, 1.165) is 10.2 Å². The van der Waals surface area contributed by atoms with E-state index in [2.05, 4.69) is 85.3 Å². The van der Waals surface area contributed by atoms with Gasteiger partial charge in [0.05, 0.1) is 0 Å². The Labute approximate surface area is 124 Å². The van der Waals surface area contributed by atoms with Crippen molar-refractivity contribution in [1.29, 1.82) is 0 Å². The minimum Gasteiger partial charge on any atom is -0.378 e. The molecule has 0 aromatic heterocycles. The number of aryl methyl sites for hydroxylation is 3. The van der Waals surface area contributed by atoms with Gasteiger partial charge in [0.25, 0.3) is 0 Å². The van der Waals surface area contributed by atoms with Crippen LogP contribution in [0.5, 0.6) is 0 Å². The van der Waals surface area contributed by atoms with Crippen LogP contribution in [-0.4, -0.2) is 0 Å². The summed E-state index contributed by atoms with van der Waals surface area (Å²) in [7, 11) is 0. The van der Waals surface area contributed by atoms with Crippen molar-refractivity contribution in [2.45, 2.75) is 33.7 Å². The van der Waals surface area contributed by atoms with Gasteiger partial charge in [0.15, 0.2) is 0 Å². The molecule has 2 aromatic carbocycles. The fraction of sp³-hybridized carbons (Fsp3) is 0.294. The third kappa shape index (κ3) is 3.19. The number of rotatable bonds is 3. The van der Waals surface area contributed by atoms with Crippen molar-refractivity contribution in [3.8, 4) is 0 Å². The lowest BCUT2D eigenvalue weighted by molar-refractivity contribution is 0.871. The van der Waals surface area contributed by atoms with E-state index in [1.165, 1.54) is 22.3 Å². The first-order chi connectivity index (χ1) is 8.99. The molecule has 0 fully saturated rings. The molecule has 0 amide bonds. The van der Waals surface area contributed by atoms with E-state index < -0.39 is 0 Å². The molecule has 0 heterocycles. The second-order valence-corrected chi connectivity index (χ2v) is 5.96. The zero-order valence-electron chi connectivity index (χ0n) is 11.9. The summed E-state index contributed by atoms with van der Waals surface area (Å²) in [5.41, 5.74) is 6.39. The lowest BCUT2D eigenvalue weighted by Gasteiger charge is -2.19. The van der Waals surface area contributed by atoms with Crippen molar-refractivity contribution in [2.75, 3.05) is 5.32 Å². The normalized spacial score (nSPS) is 12.3. The van der Waals surface area contributed by atoms with E-state index in [1.807, 2.05) is 0 Å². The molecular formula is C17H20BrN. The first kappa shape index (κ1) is 14.1. The van der Waals surface area contributed by atoms with Crippen molar-refractivity contribution >= 4 is 21.6 Å². The first-order valence-corrected chi connectivity index (χ1v) is 7.37. The molecule has 0 aliphatic carbocycles. The van der Waals surface area contributed by atoms with Gasteiger partial charge in [0.1, 0.15) is 0 Å². The number of halogens is 1. The summed E-state index contributed by atoms with van der Waals surface area (Å²) in [5, 5.41) is 3.58. The van der Waals surface area contributed by atoms with Crippen LogP contribution in [0.25, 0.3) is 0 Å². The summed E-state index contributed by atoms with van der Waals surface area (Å²) in [6, 6.07) is 13.2. The molecule has 0 saturated heterocycles. The van der Waals surface area contributed by atoms with E-state index in [1.54, 1.807) is 0 Å². The van der Waals surface area contributed by atoms with Gasteiger partial charge in [-0.05, 0) is 66.4 Å². The summed E-state index contributed by atoms with van der Waals surface area (Å²) in [6.07, 6.45) is 0. The predicted octanol–water partition coefficient (Wildman–Crippen LogP) is 5.55. The van der Waals surface area contributed by atoms with Gasteiger partial charge in [0, 0.05) is 16.2 Å². The maximum Gasteiger partial charge on any atom is 0.0492 e. The molecule has 100 valence electrons. The van der Waals surface area contributed by atoms with Crippen LogP contribution < -0.4 is 5.32 Å². The molecule has 2 heteroatoms. The molecule has 1 unspecified atom stereocenters. The lowest BCUT2D eigenvalue weighted by Crippen LogP contribution is -2.09. The highest BCUT2D eigenvalue weighted by Gasteiger charge is 2.10. The van der Waals surface area contributed by atoms with Gasteiger partial charge in [-0.25, -0.2) is 0 Å². The summed E-state index contributed by atoms with van der Waals surface area (Å²) in [6.45, 7) is 8.61. The van der Waals surface area contributed by atoms with Gasteiger partial charge in [-0.2, -0.15) is 0 Å². The third-order valence-electron chi connectivity index (χ3n) is 3.46. The Bertz CT molecular complexity index is 590. The molecule has 2 aromatic rings. The van der Waals surface area contributed by atoms with Crippen molar-refractivity contribution in [1.82, 2.24) is 0 Å². The Morgan fingerprint density at radius 1 is 1.00 bits per heavy atom. The monoisotopic (exact) mass is 317 g/mol. The summed E-state index contributed by atoms with van der Waals surface area (Å²) in [4.78, 5) is 0. The Hall–Kier alpha value is -1.28. The molecule has 0 saturated carbocycles. The number of benzene rings is 2. The van der Waals surface area contributed by atoms with Crippen LogP contribution in [0.3, 0.4) is 0 Å². The van der Waals surface area contributed by atoms with Gasteiger partial charge >= 0.3 is 0 Å². The summed E-state index contributed by atoms with van der Waals surface area (Å²) < 4.78 is 1.15. The molecule has 0 radical (unpaired) electrons. The van der Waals surface area contributed by atoms with Gasteiger partial charge in [-0.1, -0.05) is 35.9 Å². The maximum atomic E-state index is 3.65. The average molecular weight is 318 g/mol. The minimum atomic E-state index is 0.290. The smallest absolute Gasteiger partial charge is 0.0492 e. The fourth-order valence-electron chi connectivity index (χ4n) is 2.38. The highest BCUT2D eigenvalue weighted by atomic mass is 79.9. The van der Waals surface area contributed by atoms with Crippen LogP contribution in [-0.2, 0) is 0 Å². The van der Waals surface area contributed by atoms with Crippen LogP contribution >= 0.6 is 15.9 Å². The van der Waals surface area contributed by atoms with E-state index in [4.69, 9.17) is 0 Å². The van der Waals surface area contributed by atoms with Gasteiger partial charge < -0.3 is 5.32 Å². The third-order valence-corrected chi connectivity index (χ3v) is 4.51. The Morgan fingerprint density at radius 2 is 1.74 bits per heavy atom. The van der Waals surface area contributed by atoms with Crippen LogP contribution in [0.2, 0.25) is 0 Å². The fourth-order valence-corrected chi connectivity index (χ4v) is 2.76. The first-order valence-electron chi connectivity index (χ1n) is 6.58. The van der Waals surface area contributed by atoms with Gasteiger partial charge in [0.2, 0.25) is 0 Å². The molecule has 2 rings (SSSR count). The van der Waals surface area contributed by atoms with Crippen LogP contribution in [0.1, 0.15) is 35.2 Å². The summed E-state index contributed by atoms with van der Waals surface area (Å²) in [5.74, 6) is 0. The molecular weight excluding hydrogens is 298 g/mol. The molecule has 1 nitrogen and oxygen atoms in total. The highest BCUT2D eigenvalue weighted by molar-refractivity contribution is 9.10. The van der Waals surface area contributed by atoms with Crippen molar-refractivity contribution in [2.24, 2.45) is 0 Å². The molecule has 19 heavy (non-hydrogen) atoms. The number of hydrogen-bond donors (Lipinski definition) is 1. The Kier molecular flexibility index (Phi) is 4.31. The van der Waals surface area contributed by atoms with Gasteiger partial charge in [-0.3, -0.25) is 0 Å². The minimum absolute atomic E-state index is 0.290. The highest BCUT2D eigenvalue weighted by Crippen LogP contribution is 2.30. The second kappa shape index (κ2) is 5.79. The molecule has 0 aliphatic heterocycles. The average Bonchev–Trinajstić information content (AvgIpc) is 2.34. The van der Waals surface area contributed by atoms with Crippen molar-refractivity contribution in [3.63, 3.8) is 0 Å². The Morgan fingerprint density at radius 3 is 2.42 bits per heavy atom. The molecule has 0 spiro atoms. The van der Waals surface area contributed by atoms with E-state index >= 15 is 0 Å². The zero-order valence-corrected chi connectivity index (χ0v) is 13.5. The molecule has 0 aliphatic rings. The quantitative estimate of drug-likeness (QED) is 0.782. The maximum absolute atomic E-state index is 3.65. The van der Waals surface area contributed by atoms with Crippen molar-refractivity contribution in [3.05, 3.63) is 63.1 Å². The molecule has 0 bridgehead atoms. The number of hydrogen-bond acceptors (Lipinski definition) is 1. The summed E-state index contributed by atoms with van der Waals surface area (Å²) >= 11 is 3.65. The number of anilines is 1. The van der Waals surface area contributed by atoms with E-state index in [9.17, 15) is 0 Å². The standard InChI is InChI=1S/C17H20BrN/c1-11-8-9-15(13(3)10-11)14(4)19-16-7-5-6-12(2)17(16)18/h5-10,14,19H,1-4H3.